The molecule has 0 aliphatic rings. The van der Waals surface area contributed by atoms with Gasteiger partial charge in [0.25, 0.3) is 0 Å². The molecule has 1 unspecified atom stereocenters. The number of hydrogen-bond acceptors (Lipinski definition) is 4. The topological polar surface area (TPSA) is 65.9 Å². The van der Waals surface area contributed by atoms with Crippen molar-refractivity contribution in [3.05, 3.63) is 60.4 Å². The monoisotopic (exact) mass is 266 g/mol. The van der Waals surface area contributed by atoms with E-state index in [1.165, 1.54) is 0 Å². The molecule has 2 rings (SSSR count). The van der Waals surface area contributed by atoms with E-state index in [4.69, 9.17) is 11.0 Å². The molecule has 0 saturated heterocycles. The van der Waals surface area contributed by atoms with Crippen molar-refractivity contribution in [2.75, 3.05) is 18.0 Å². The number of nitrogens with two attached hydrogens (primary N) is 1. The van der Waals surface area contributed by atoms with Gasteiger partial charge in [0.15, 0.2) is 0 Å². The zero-order valence-electron chi connectivity index (χ0n) is 11.3. The number of pyridine rings is 1. The van der Waals surface area contributed by atoms with Crippen molar-refractivity contribution in [3.63, 3.8) is 0 Å². The van der Waals surface area contributed by atoms with Gasteiger partial charge in [0.1, 0.15) is 0 Å². The summed E-state index contributed by atoms with van der Waals surface area (Å²) >= 11 is 0. The van der Waals surface area contributed by atoms with Crippen LogP contribution < -0.4 is 10.6 Å². The van der Waals surface area contributed by atoms with Gasteiger partial charge in [-0.25, -0.2) is 0 Å². The third-order valence-electron chi connectivity index (χ3n) is 3.18. The van der Waals surface area contributed by atoms with Gasteiger partial charge in [0.2, 0.25) is 0 Å². The Morgan fingerprint density at radius 3 is 2.50 bits per heavy atom. The average molecular weight is 266 g/mol. The van der Waals surface area contributed by atoms with E-state index in [-0.39, 0.29) is 6.04 Å². The molecule has 2 aromatic rings. The highest BCUT2D eigenvalue weighted by Crippen LogP contribution is 2.25. The van der Waals surface area contributed by atoms with Crippen LogP contribution in [0.4, 0.5) is 5.69 Å². The Morgan fingerprint density at radius 1 is 1.15 bits per heavy atom. The molecule has 0 aliphatic heterocycles. The molecule has 0 saturated carbocycles. The Hall–Kier alpha value is -2.38. The molecule has 0 aliphatic carbocycles. The third-order valence-corrected chi connectivity index (χ3v) is 3.18. The lowest BCUT2D eigenvalue weighted by molar-refractivity contribution is 0.616. The molecule has 0 amide bonds. The van der Waals surface area contributed by atoms with Crippen LogP contribution in [0.15, 0.2) is 54.7 Å². The van der Waals surface area contributed by atoms with Crippen molar-refractivity contribution in [2.24, 2.45) is 5.73 Å². The van der Waals surface area contributed by atoms with Crippen LogP contribution in [0.1, 0.15) is 18.2 Å². The molecular formula is C16H18N4. The fraction of sp³-hybridized carbons (Fsp3) is 0.250. The third kappa shape index (κ3) is 3.34. The van der Waals surface area contributed by atoms with Crippen molar-refractivity contribution in [1.82, 2.24) is 4.98 Å². The normalized spacial score (nSPS) is 11.6. The predicted octanol–water partition coefficient (Wildman–Crippen LogP) is 2.50. The summed E-state index contributed by atoms with van der Waals surface area (Å²) in [5, 5.41) is 8.86. The Kier molecular flexibility index (Phi) is 5.10. The van der Waals surface area contributed by atoms with E-state index in [0.717, 1.165) is 11.4 Å². The number of anilines is 1. The van der Waals surface area contributed by atoms with E-state index in [0.29, 0.717) is 19.5 Å². The van der Waals surface area contributed by atoms with Gasteiger partial charge in [-0.15, -0.1) is 0 Å². The van der Waals surface area contributed by atoms with Crippen molar-refractivity contribution in [2.45, 2.75) is 12.5 Å². The molecular weight excluding hydrogens is 248 g/mol. The van der Waals surface area contributed by atoms with Crippen LogP contribution in [0.25, 0.3) is 0 Å². The average Bonchev–Trinajstić information content (AvgIpc) is 2.53. The lowest BCUT2D eigenvalue weighted by Gasteiger charge is -2.32. The molecule has 1 atom stereocenters. The van der Waals surface area contributed by atoms with E-state index >= 15 is 0 Å². The van der Waals surface area contributed by atoms with Crippen molar-refractivity contribution in [1.29, 1.82) is 5.26 Å². The second kappa shape index (κ2) is 7.27. The fourth-order valence-corrected chi connectivity index (χ4v) is 2.24. The van der Waals surface area contributed by atoms with Gasteiger partial charge in [-0.3, -0.25) is 4.98 Å². The van der Waals surface area contributed by atoms with Crippen LogP contribution in [0.2, 0.25) is 0 Å². The Balaban J connectivity index is 2.32. The molecule has 0 radical (unpaired) electrons. The van der Waals surface area contributed by atoms with E-state index in [1.807, 2.05) is 48.5 Å². The SMILES string of the molecule is N#CCCN(c1ccccc1)C(CN)c1ccccn1. The molecule has 4 nitrogen and oxygen atoms in total. The fourth-order valence-electron chi connectivity index (χ4n) is 2.24. The second-order valence-electron chi connectivity index (χ2n) is 4.44. The van der Waals surface area contributed by atoms with Crippen LogP contribution in [0.3, 0.4) is 0 Å². The Bertz CT molecular complexity index is 548. The molecule has 1 aromatic heterocycles. The highest BCUT2D eigenvalue weighted by Gasteiger charge is 2.20. The first-order valence-electron chi connectivity index (χ1n) is 6.66. The Labute approximate surface area is 119 Å². The summed E-state index contributed by atoms with van der Waals surface area (Å²) in [5.74, 6) is 0. The summed E-state index contributed by atoms with van der Waals surface area (Å²) in [6, 6.07) is 18.0. The van der Waals surface area contributed by atoms with Gasteiger partial charge < -0.3 is 10.6 Å². The predicted molar refractivity (Wildman–Crippen MR) is 80.1 cm³/mol. The van der Waals surface area contributed by atoms with Gasteiger partial charge in [0.05, 0.1) is 24.2 Å². The van der Waals surface area contributed by atoms with E-state index in [9.17, 15) is 0 Å². The minimum absolute atomic E-state index is 0.0213. The maximum Gasteiger partial charge on any atom is 0.0836 e. The zero-order valence-corrected chi connectivity index (χ0v) is 11.3. The first-order valence-corrected chi connectivity index (χ1v) is 6.66. The summed E-state index contributed by atoms with van der Waals surface area (Å²) in [6.45, 7) is 1.09. The van der Waals surface area contributed by atoms with Crippen molar-refractivity contribution in [3.8, 4) is 6.07 Å². The number of rotatable bonds is 6. The molecule has 1 aromatic carbocycles. The standard InChI is InChI=1S/C16H18N4/c17-10-6-12-20(14-7-2-1-3-8-14)16(13-18)15-9-4-5-11-19-15/h1-5,7-9,11,16H,6,12-13,18H2. The molecule has 102 valence electrons. The van der Waals surface area contributed by atoms with Crippen molar-refractivity contribution < 1.29 is 0 Å². The van der Waals surface area contributed by atoms with Crippen LogP contribution in [0, 0.1) is 11.3 Å². The highest BCUT2D eigenvalue weighted by atomic mass is 15.2. The number of hydrogen-bond donors (Lipinski definition) is 1. The van der Waals surface area contributed by atoms with Crippen LogP contribution in [-0.2, 0) is 0 Å². The minimum atomic E-state index is -0.0213. The molecule has 0 spiro atoms. The van der Waals surface area contributed by atoms with Crippen molar-refractivity contribution >= 4 is 5.69 Å². The largest absolute Gasteiger partial charge is 0.361 e. The smallest absolute Gasteiger partial charge is 0.0836 e. The number of aromatic nitrogens is 1. The first-order chi connectivity index (χ1) is 9.86. The lowest BCUT2D eigenvalue weighted by Crippen LogP contribution is -2.35. The van der Waals surface area contributed by atoms with E-state index < -0.39 is 0 Å². The minimum Gasteiger partial charge on any atom is -0.361 e. The number of para-hydroxylation sites is 1. The first kappa shape index (κ1) is 14.0. The van der Waals surface area contributed by atoms with Gasteiger partial charge >= 0.3 is 0 Å². The molecule has 2 N–H and O–H groups in total. The number of benzene rings is 1. The molecule has 0 fully saturated rings. The molecule has 20 heavy (non-hydrogen) atoms. The zero-order chi connectivity index (χ0) is 14.2. The quantitative estimate of drug-likeness (QED) is 0.872. The number of nitrogens with zero attached hydrogens (tertiary/aromatic N) is 3. The van der Waals surface area contributed by atoms with E-state index in [2.05, 4.69) is 16.0 Å². The Morgan fingerprint density at radius 2 is 1.90 bits per heavy atom. The lowest BCUT2D eigenvalue weighted by atomic mass is 10.1. The highest BCUT2D eigenvalue weighted by molar-refractivity contribution is 5.48. The van der Waals surface area contributed by atoms with Gasteiger partial charge in [0, 0.05) is 25.0 Å². The summed E-state index contributed by atoms with van der Waals surface area (Å²) in [5.41, 5.74) is 7.94. The molecule has 0 bridgehead atoms. The maximum atomic E-state index is 8.86. The van der Waals surface area contributed by atoms with Crippen LogP contribution in [-0.4, -0.2) is 18.1 Å². The van der Waals surface area contributed by atoms with Gasteiger partial charge in [-0.05, 0) is 24.3 Å². The summed E-state index contributed by atoms with van der Waals surface area (Å²) in [6.07, 6.45) is 2.23. The van der Waals surface area contributed by atoms with Gasteiger partial charge in [-0.1, -0.05) is 24.3 Å². The van der Waals surface area contributed by atoms with Crippen LogP contribution >= 0.6 is 0 Å². The maximum absolute atomic E-state index is 8.86. The molecule has 1 heterocycles. The van der Waals surface area contributed by atoms with E-state index in [1.54, 1.807) is 6.20 Å². The number of nitriles is 1. The van der Waals surface area contributed by atoms with Crippen LogP contribution in [0.5, 0.6) is 0 Å². The molecule has 4 heteroatoms. The second-order valence-corrected chi connectivity index (χ2v) is 4.44. The van der Waals surface area contributed by atoms with Gasteiger partial charge in [-0.2, -0.15) is 5.26 Å². The summed E-state index contributed by atoms with van der Waals surface area (Å²) in [7, 11) is 0. The summed E-state index contributed by atoms with van der Waals surface area (Å²) in [4.78, 5) is 6.54. The summed E-state index contributed by atoms with van der Waals surface area (Å²) < 4.78 is 0.